The second kappa shape index (κ2) is 6.12. The third-order valence-corrected chi connectivity index (χ3v) is 3.81. The van der Waals surface area contributed by atoms with Gasteiger partial charge in [0.2, 0.25) is 0 Å². The topological polar surface area (TPSA) is 75.4 Å². The third kappa shape index (κ3) is 3.75. The number of nitro benzene ring substituents is 1. The molecule has 1 aromatic rings. The monoisotopic (exact) mass is 264 g/mol. The Hall–Kier alpha value is -1.46. The minimum atomic E-state index is -0.371. The molecule has 5 heteroatoms. The van der Waals surface area contributed by atoms with Crippen LogP contribution >= 0.6 is 0 Å². The second-order valence-corrected chi connectivity index (χ2v) is 5.31. The van der Waals surface area contributed by atoms with E-state index < -0.39 is 0 Å². The smallest absolute Gasteiger partial charge is 0.269 e. The van der Waals surface area contributed by atoms with E-state index in [0.717, 1.165) is 31.4 Å². The molecule has 2 rings (SSSR count). The molecule has 5 nitrogen and oxygen atoms in total. The van der Waals surface area contributed by atoms with Crippen LogP contribution < -0.4 is 5.32 Å². The highest BCUT2D eigenvalue weighted by atomic mass is 16.6. The van der Waals surface area contributed by atoms with Crippen LogP contribution in [0.5, 0.6) is 0 Å². The fraction of sp³-hybridized carbons (Fsp3) is 0.571. The number of benzene rings is 1. The van der Waals surface area contributed by atoms with Crippen LogP contribution in [0.3, 0.4) is 0 Å². The number of hydrogen-bond donors (Lipinski definition) is 2. The fourth-order valence-electron chi connectivity index (χ4n) is 2.60. The molecule has 0 aliphatic heterocycles. The molecule has 19 heavy (non-hydrogen) atoms. The number of hydrogen-bond acceptors (Lipinski definition) is 4. The summed E-state index contributed by atoms with van der Waals surface area (Å²) in [5.41, 5.74) is 1.05. The van der Waals surface area contributed by atoms with Gasteiger partial charge >= 0.3 is 0 Å². The number of nitrogens with zero attached hydrogens (tertiary/aromatic N) is 1. The van der Waals surface area contributed by atoms with E-state index in [1.54, 1.807) is 12.1 Å². The summed E-state index contributed by atoms with van der Waals surface area (Å²) in [7, 11) is 0. The van der Waals surface area contributed by atoms with Gasteiger partial charge in [-0.05, 0) is 44.2 Å². The van der Waals surface area contributed by atoms with Gasteiger partial charge < -0.3 is 10.4 Å². The SMILES string of the molecule is CC(NCC1CCC(O)C1)c1cccc([N+](=O)[O-])c1. The van der Waals surface area contributed by atoms with Crippen molar-refractivity contribution >= 4 is 5.69 Å². The first-order valence-corrected chi connectivity index (χ1v) is 6.72. The molecule has 1 saturated carbocycles. The molecule has 104 valence electrons. The van der Waals surface area contributed by atoms with Gasteiger partial charge in [0.25, 0.3) is 5.69 Å². The summed E-state index contributed by atoms with van der Waals surface area (Å²) >= 11 is 0. The summed E-state index contributed by atoms with van der Waals surface area (Å²) in [6, 6.07) is 6.81. The van der Waals surface area contributed by atoms with Gasteiger partial charge in [-0.15, -0.1) is 0 Å². The van der Waals surface area contributed by atoms with Crippen LogP contribution in [0.4, 0.5) is 5.69 Å². The van der Waals surface area contributed by atoms with Crippen molar-refractivity contribution in [3.8, 4) is 0 Å². The zero-order valence-corrected chi connectivity index (χ0v) is 11.1. The maximum atomic E-state index is 10.7. The van der Waals surface area contributed by atoms with E-state index in [4.69, 9.17) is 0 Å². The van der Waals surface area contributed by atoms with Crippen molar-refractivity contribution in [3.63, 3.8) is 0 Å². The molecule has 3 atom stereocenters. The lowest BCUT2D eigenvalue weighted by molar-refractivity contribution is -0.384. The van der Waals surface area contributed by atoms with E-state index in [0.29, 0.717) is 5.92 Å². The van der Waals surface area contributed by atoms with E-state index in [2.05, 4.69) is 5.32 Å². The van der Waals surface area contributed by atoms with E-state index in [-0.39, 0.29) is 22.8 Å². The molecule has 1 aliphatic rings. The first-order chi connectivity index (χ1) is 9.06. The van der Waals surface area contributed by atoms with Gasteiger partial charge in [-0.2, -0.15) is 0 Å². The van der Waals surface area contributed by atoms with Gasteiger partial charge in [0.15, 0.2) is 0 Å². The summed E-state index contributed by atoms with van der Waals surface area (Å²) < 4.78 is 0. The van der Waals surface area contributed by atoms with Crippen LogP contribution in [0.25, 0.3) is 0 Å². The van der Waals surface area contributed by atoms with Crippen LogP contribution in [0.2, 0.25) is 0 Å². The lowest BCUT2D eigenvalue weighted by atomic mass is 10.0. The summed E-state index contributed by atoms with van der Waals surface area (Å²) in [6.07, 6.45) is 2.64. The largest absolute Gasteiger partial charge is 0.393 e. The van der Waals surface area contributed by atoms with Crippen molar-refractivity contribution < 1.29 is 10.0 Å². The van der Waals surface area contributed by atoms with E-state index in [1.165, 1.54) is 6.07 Å². The molecule has 0 spiro atoms. The highest BCUT2D eigenvalue weighted by Gasteiger charge is 2.23. The molecular formula is C14H20N2O3. The quantitative estimate of drug-likeness (QED) is 0.632. The summed E-state index contributed by atoms with van der Waals surface area (Å²) in [5.74, 6) is 0.510. The average molecular weight is 264 g/mol. The van der Waals surface area contributed by atoms with Crippen molar-refractivity contribution in [1.29, 1.82) is 0 Å². The maximum absolute atomic E-state index is 10.7. The Morgan fingerprint density at radius 3 is 2.95 bits per heavy atom. The minimum Gasteiger partial charge on any atom is -0.393 e. The Balaban J connectivity index is 1.90. The summed E-state index contributed by atoms with van der Waals surface area (Å²) in [6.45, 7) is 2.85. The van der Waals surface area contributed by atoms with Gasteiger partial charge in [-0.1, -0.05) is 12.1 Å². The summed E-state index contributed by atoms with van der Waals surface area (Å²) in [5, 5.41) is 23.6. The minimum absolute atomic E-state index is 0.0812. The first-order valence-electron chi connectivity index (χ1n) is 6.72. The van der Waals surface area contributed by atoms with E-state index in [1.807, 2.05) is 13.0 Å². The third-order valence-electron chi connectivity index (χ3n) is 3.81. The molecule has 0 radical (unpaired) electrons. The molecule has 0 amide bonds. The van der Waals surface area contributed by atoms with Gasteiger partial charge in [0.1, 0.15) is 0 Å². The molecule has 3 unspecified atom stereocenters. The number of aliphatic hydroxyl groups excluding tert-OH is 1. The van der Waals surface area contributed by atoms with Crippen LogP contribution in [0.15, 0.2) is 24.3 Å². The second-order valence-electron chi connectivity index (χ2n) is 5.31. The molecule has 1 aliphatic carbocycles. The van der Waals surface area contributed by atoms with Crippen LogP contribution in [-0.4, -0.2) is 22.7 Å². The van der Waals surface area contributed by atoms with Gasteiger partial charge in [-0.25, -0.2) is 0 Å². The molecule has 1 fully saturated rings. The Morgan fingerprint density at radius 2 is 2.32 bits per heavy atom. The Bertz CT molecular complexity index is 450. The summed E-state index contributed by atoms with van der Waals surface area (Å²) in [4.78, 5) is 10.4. The van der Waals surface area contributed by atoms with Crippen molar-refractivity contribution in [2.75, 3.05) is 6.54 Å². The number of nitro groups is 1. The van der Waals surface area contributed by atoms with Gasteiger partial charge in [0.05, 0.1) is 11.0 Å². The fourth-order valence-corrected chi connectivity index (χ4v) is 2.60. The van der Waals surface area contributed by atoms with Crippen molar-refractivity contribution in [3.05, 3.63) is 39.9 Å². The number of rotatable bonds is 5. The Labute approximate surface area is 112 Å². The van der Waals surface area contributed by atoms with Gasteiger partial charge in [0, 0.05) is 18.2 Å². The highest BCUT2D eigenvalue weighted by Crippen LogP contribution is 2.26. The standard InChI is InChI=1S/C14H20N2O3/c1-10(15-9-11-5-6-14(17)7-11)12-3-2-4-13(8-12)16(18)19/h2-4,8,10-11,14-15,17H,5-7,9H2,1H3. The van der Waals surface area contributed by atoms with Gasteiger partial charge in [-0.3, -0.25) is 10.1 Å². The number of nitrogens with one attached hydrogen (secondary N) is 1. The van der Waals surface area contributed by atoms with Crippen molar-refractivity contribution in [2.45, 2.75) is 38.3 Å². The van der Waals surface area contributed by atoms with Crippen LogP contribution in [-0.2, 0) is 0 Å². The first kappa shape index (κ1) is 14.0. The van der Waals surface area contributed by atoms with Crippen molar-refractivity contribution in [1.82, 2.24) is 5.32 Å². The zero-order chi connectivity index (χ0) is 13.8. The molecule has 0 saturated heterocycles. The highest BCUT2D eigenvalue weighted by molar-refractivity contribution is 5.35. The molecule has 0 aromatic heterocycles. The normalized spacial score (nSPS) is 24.3. The number of non-ortho nitro benzene ring substituents is 1. The molecule has 2 N–H and O–H groups in total. The Morgan fingerprint density at radius 1 is 1.53 bits per heavy atom. The molecule has 1 aromatic carbocycles. The molecular weight excluding hydrogens is 244 g/mol. The lowest BCUT2D eigenvalue weighted by Gasteiger charge is -2.17. The van der Waals surface area contributed by atoms with Crippen LogP contribution in [0, 0.1) is 16.0 Å². The van der Waals surface area contributed by atoms with Crippen molar-refractivity contribution in [2.24, 2.45) is 5.92 Å². The Kier molecular flexibility index (Phi) is 4.50. The predicted molar refractivity (Wildman–Crippen MR) is 72.9 cm³/mol. The van der Waals surface area contributed by atoms with E-state index >= 15 is 0 Å². The van der Waals surface area contributed by atoms with Crippen LogP contribution in [0.1, 0.15) is 37.8 Å². The average Bonchev–Trinajstić information content (AvgIpc) is 2.82. The zero-order valence-electron chi connectivity index (χ0n) is 11.1. The molecule has 0 bridgehead atoms. The molecule has 0 heterocycles. The lowest BCUT2D eigenvalue weighted by Crippen LogP contribution is -2.25. The van der Waals surface area contributed by atoms with E-state index in [9.17, 15) is 15.2 Å². The maximum Gasteiger partial charge on any atom is 0.269 e. The predicted octanol–water partition coefficient (Wildman–Crippen LogP) is 2.41. The number of aliphatic hydroxyl groups is 1.